The van der Waals surface area contributed by atoms with Crippen molar-refractivity contribution in [1.29, 1.82) is 0 Å². The molecule has 2 aromatic heterocycles. The lowest BCUT2D eigenvalue weighted by molar-refractivity contribution is -0.265. The number of nitrogens with one attached hydrogen (secondary N) is 1. The van der Waals surface area contributed by atoms with Crippen LogP contribution < -0.4 is 15.1 Å². The fourth-order valence-electron chi connectivity index (χ4n) is 13.0. The number of esters is 1. The second-order valence-corrected chi connectivity index (χ2v) is 25.5. The van der Waals surface area contributed by atoms with Gasteiger partial charge in [-0.05, 0) is 119 Å². The number of piperazine rings is 1. The average molecular weight is 1240 g/mol. The van der Waals surface area contributed by atoms with Crippen molar-refractivity contribution in [2.45, 2.75) is 200 Å². The van der Waals surface area contributed by atoms with Crippen molar-refractivity contribution in [3.8, 4) is 0 Å². The Hall–Kier alpha value is -6.34. The highest BCUT2D eigenvalue weighted by molar-refractivity contribution is 6.39. The Labute approximate surface area is 523 Å². The molecule has 5 N–H and O–H groups in total. The molecule has 4 aliphatic heterocycles. The van der Waals surface area contributed by atoms with Gasteiger partial charge in [0.1, 0.15) is 36.2 Å². The van der Waals surface area contributed by atoms with Crippen LogP contribution in [0, 0.1) is 42.4 Å². The summed E-state index contributed by atoms with van der Waals surface area (Å²) in [6.07, 6.45) is 14.7. The zero-order valence-corrected chi connectivity index (χ0v) is 53.6. The van der Waals surface area contributed by atoms with E-state index in [1.165, 1.54) is 13.0 Å². The molecule has 1 aliphatic carbocycles. The van der Waals surface area contributed by atoms with E-state index in [0.29, 0.717) is 94.9 Å². The Balaban J connectivity index is 1.03. The number of aliphatic hydroxyl groups excluding tert-OH is 3. The van der Waals surface area contributed by atoms with Crippen LogP contribution in [0.3, 0.4) is 0 Å². The number of ether oxygens (including phenoxy) is 5. The van der Waals surface area contributed by atoms with Gasteiger partial charge in [0.15, 0.2) is 5.78 Å². The number of nitrogens with zero attached hydrogens (tertiary/aromatic N) is 7. The van der Waals surface area contributed by atoms with Gasteiger partial charge >= 0.3 is 12.1 Å². The second kappa shape index (κ2) is 32.6. The lowest BCUT2D eigenvalue weighted by atomic mass is 9.78. The lowest BCUT2D eigenvalue weighted by Gasteiger charge is -2.42. The first-order chi connectivity index (χ1) is 42.4. The van der Waals surface area contributed by atoms with Crippen molar-refractivity contribution >= 4 is 47.2 Å². The van der Waals surface area contributed by atoms with Gasteiger partial charge in [-0.3, -0.25) is 19.2 Å². The van der Waals surface area contributed by atoms with Crippen LogP contribution in [-0.2, 0) is 54.2 Å². The highest BCUT2D eigenvalue weighted by Crippen LogP contribution is 2.38. The largest absolute Gasteiger partial charge is 0.460 e. The lowest BCUT2D eigenvalue weighted by Crippen LogP contribution is -2.61. The Morgan fingerprint density at radius 1 is 0.798 bits per heavy atom. The minimum absolute atomic E-state index is 0.0338. The molecule has 5 aliphatic rings. The number of aryl methyl sites for hydroxylation is 1. The number of aliphatic hydroxyl groups is 4. The third-order valence-electron chi connectivity index (χ3n) is 18.6. The average Bonchev–Trinajstić information content (AvgIpc) is 2.20. The molecule has 1 unspecified atom stereocenters. The summed E-state index contributed by atoms with van der Waals surface area (Å²) < 4.78 is 30.3. The molecular formula is C66H96N8O15. The van der Waals surface area contributed by atoms with Gasteiger partial charge in [-0.25, -0.2) is 29.5 Å². The SMILES string of the molecule is CO[C@H]1C[C@@H]2CC[C@@H](C)[C@@](O)(O2)C(=O)C(=O)N2CCCC[C@H]2C(=O)O[C@H]([C@H](C)C[C@@H]2CC[C@@H](OC(=O)NCc3cnc(N4CCN(c5ncc(C)cn5)CC4CO)nc3)[C@H](OC)C2)CC(=O)[C@H](C)/C=C(\C)[C@@H](O)[C@@H](O)C(=O)[C@H](C)C[C@H](C)/C=C/C=CC=C1C. The van der Waals surface area contributed by atoms with E-state index in [9.17, 15) is 49.2 Å². The minimum atomic E-state index is -2.48. The first kappa shape index (κ1) is 70.1. The Kier molecular flexibility index (Phi) is 25.7. The van der Waals surface area contributed by atoms with E-state index in [1.54, 1.807) is 59.8 Å². The highest BCUT2D eigenvalue weighted by Gasteiger charge is 2.53. The normalized spacial score (nSPS) is 33.5. The Bertz CT molecular complexity index is 2850. The Morgan fingerprint density at radius 2 is 1.52 bits per heavy atom. The predicted molar refractivity (Wildman–Crippen MR) is 331 cm³/mol. The molecule has 23 heteroatoms. The molecule has 2 amide bonds. The summed E-state index contributed by atoms with van der Waals surface area (Å²) in [6.45, 7) is 15.8. The van der Waals surface area contributed by atoms with Gasteiger partial charge in [0.2, 0.25) is 17.7 Å². The van der Waals surface area contributed by atoms with Crippen LogP contribution in [0.25, 0.3) is 0 Å². The molecule has 7 rings (SSSR count). The van der Waals surface area contributed by atoms with Crippen molar-refractivity contribution in [2.75, 3.05) is 56.8 Å². The molecule has 0 spiro atoms. The van der Waals surface area contributed by atoms with E-state index >= 15 is 0 Å². The van der Waals surface area contributed by atoms with E-state index in [-0.39, 0.29) is 68.2 Å². The van der Waals surface area contributed by atoms with Crippen molar-refractivity contribution in [3.63, 3.8) is 0 Å². The predicted octanol–water partition coefficient (Wildman–Crippen LogP) is 6.04. The maximum Gasteiger partial charge on any atom is 0.407 e. The number of piperidine rings is 1. The van der Waals surface area contributed by atoms with Gasteiger partial charge < -0.3 is 64.1 Å². The van der Waals surface area contributed by atoms with Crippen LogP contribution in [0.4, 0.5) is 16.7 Å². The van der Waals surface area contributed by atoms with Crippen molar-refractivity contribution in [3.05, 3.63) is 83.5 Å². The molecule has 3 saturated heterocycles. The summed E-state index contributed by atoms with van der Waals surface area (Å²) >= 11 is 0. The summed E-state index contributed by atoms with van der Waals surface area (Å²) in [5, 5.41) is 47.6. The number of aromatic nitrogens is 4. The standard InChI is InChI=1S/C66H96N8O15/c1-39-16-12-11-13-17-41(3)54(85-9)30-50-21-19-46(8)66(84,89-50)60(80)61(81)74-23-15-14-18-51(74)62(82)87-55(31-52(76)42(4)27-45(7)58(78)59(79)57(77)44(6)26-39)43(5)28-47-20-22-53(56(29-47)86-10)88-65(83)71-36-48-34-69-64(70-35-48)73-25-24-72(37-49(73)38-75)63-67-32-40(2)33-68-63/h11-13,16-17,27,32-35,39,42-44,46-47,49-51,53-56,58-59,75,78-79,84H,14-15,18-26,28-31,36-38H2,1-10H3,(H,71,83)/b13-11?,16-12+,41-17?,45-27+/t39-,42-,43-,44-,46-,47+,49?,50+,51+,53-,54+,55+,56-,58-,59+,66-/m1/s1. The van der Waals surface area contributed by atoms with Crippen molar-refractivity contribution in [2.24, 2.45) is 35.5 Å². The number of rotatable bonds is 11. The smallest absolute Gasteiger partial charge is 0.407 e. The number of methoxy groups -OCH3 is 2. The Morgan fingerprint density at radius 3 is 2.21 bits per heavy atom. The molecule has 1 saturated carbocycles. The molecule has 0 radical (unpaired) electrons. The van der Waals surface area contributed by atoms with Crippen LogP contribution in [-0.4, -0.2) is 188 Å². The summed E-state index contributed by atoms with van der Waals surface area (Å²) in [7, 11) is 3.10. The summed E-state index contributed by atoms with van der Waals surface area (Å²) in [6, 6.07) is -1.51. The minimum Gasteiger partial charge on any atom is -0.460 e. The molecule has 16 atom stereocenters. The number of Topliss-reactive ketones (excluding diaryl/α,β-unsaturated/α-hetero) is 3. The number of hydrogen-bond acceptors (Lipinski definition) is 21. The maximum absolute atomic E-state index is 14.7. The molecule has 2 aromatic rings. The number of fused-ring (bicyclic) bond motifs is 3. The molecule has 0 aromatic carbocycles. The van der Waals surface area contributed by atoms with Gasteiger partial charge in [0.05, 0.1) is 31.0 Å². The molecular weight excluding hydrogens is 1140 g/mol. The van der Waals surface area contributed by atoms with Crippen LogP contribution in [0.5, 0.6) is 0 Å². The van der Waals surface area contributed by atoms with Gasteiger partial charge in [0, 0.05) is 108 Å². The van der Waals surface area contributed by atoms with Crippen molar-refractivity contribution in [1.82, 2.24) is 30.2 Å². The first-order valence-electron chi connectivity index (χ1n) is 31.7. The quantitative estimate of drug-likeness (QED) is 0.0973. The fraction of sp³-hybridized carbons (Fsp3) is 0.667. The van der Waals surface area contributed by atoms with E-state index in [1.807, 2.05) is 67.9 Å². The summed E-state index contributed by atoms with van der Waals surface area (Å²) in [4.78, 5) is 108. The number of alkyl carbamates (subject to hydrolysis) is 1. The number of carbonyl (C=O) groups is 6. The number of cyclic esters (lactones) is 1. The van der Waals surface area contributed by atoms with Gasteiger partial charge in [-0.1, -0.05) is 71.1 Å². The van der Waals surface area contributed by atoms with Crippen molar-refractivity contribution < 1.29 is 72.9 Å². The molecule has 23 nitrogen and oxygen atoms in total. The van der Waals surface area contributed by atoms with Crippen LogP contribution in [0.2, 0.25) is 0 Å². The molecule has 490 valence electrons. The molecule has 4 fully saturated rings. The number of ketones is 3. The molecule has 6 heterocycles. The molecule has 89 heavy (non-hydrogen) atoms. The van der Waals surface area contributed by atoms with Gasteiger partial charge in [0.25, 0.3) is 11.7 Å². The molecule has 2 bridgehead atoms. The van der Waals surface area contributed by atoms with E-state index in [2.05, 4.69) is 25.3 Å². The summed E-state index contributed by atoms with van der Waals surface area (Å²) in [5.41, 5.74) is 2.64. The third kappa shape index (κ3) is 18.4. The highest BCUT2D eigenvalue weighted by atomic mass is 16.6. The first-order valence-corrected chi connectivity index (χ1v) is 31.7. The van der Waals surface area contributed by atoms with Crippen LogP contribution >= 0.6 is 0 Å². The van der Waals surface area contributed by atoms with E-state index < -0.39 is 108 Å². The van der Waals surface area contributed by atoms with Crippen LogP contribution in [0.1, 0.15) is 137 Å². The second-order valence-electron chi connectivity index (χ2n) is 25.5. The van der Waals surface area contributed by atoms with E-state index in [0.717, 1.165) is 16.0 Å². The number of allylic oxidation sites excluding steroid dienone is 6. The van der Waals surface area contributed by atoms with E-state index in [4.69, 9.17) is 23.7 Å². The van der Waals surface area contributed by atoms with Gasteiger partial charge in [-0.2, -0.15) is 0 Å². The number of hydrogen-bond donors (Lipinski definition) is 5. The summed E-state index contributed by atoms with van der Waals surface area (Å²) in [5.74, 6) is -8.21. The number of carbonyl (C=O) groups excluding carboxylic acids is 6. The monoisotopic (exact) mass is 1240 g/mol. The van der Waals surface area contributed by atoms with Crippen LogP contribution in [0.15, 0.2) is 72.4 Å². The van der Waals surface area contributed by atoms with Gasteiger partial charge in [-0.15, -0.1) is 0 Å². The zero-order valence-electron chi connectivity index (χ0n) is 53.6. The topological polar surface area (TPSA) is 303 Å². The maximum atomic E-state index is 14.7. The fourth-order valence-corrected chi connectivity index (χ4v) is 13.0. The number of anilines is 2. The third-order valence-corrected chi connectivity index (χ3v) is 18.6. The zero-order chi connectivity index (χ0) is 64.7. The number of amides is 2.